The van der Waals surface area contributed by atoms with Gasteiger partial charge in [-0.2, -0.15) is 0 Å². The van der Waals surface area contributed by atoms with Gasteiger partial charge in [-0.25, -0.2) is 0 Å². The number of hydrogen-bond donors (Lipinski definition) is 1. The summed E-state index contributed by atoms with van der Waals surface area (Å²) in [6, 6.07) is 0. The smallest absolute Gasteiger partial charge is 0.00204 e. The van der Waals surface area contributed by atoms with Crippen LogP contribution < -0.4 is 5.32 Å². The first-order valence-corrected chi connectivity index (χ1v) is 6.31. The van der Waals surface area contributed by atoms with Gasteiger partial charge in [0.25, 0.3) is 0 Å². The molecule has 78 valence electrons. The molecule has 0 amide bonds. The first kappa shape index (κ1) is 8.96. The van der Waals surface area contributed by atoms with Gasteiger partial charge in [-0.3, -0.25) is 0 Å². The predicted octanol–water partition coefficient (Wildman–Crippen LogP) is 2.59. The number of hydrogen-bond acceptors (Lipinski definition) is 1. The molecule has 0 radical (unpaired) electrons. The molecule has 1 N–H and O–H groups in total. The van der Waals surface area contributed by atoms with Crippen molar-refractivity contribution >= 4 is 0 Å². The van der Waals surface area contributed by atoms with Crippen LogP contribution in [0.15, 0.2) is 12.2 Å². The minimum Gasteiger partial charge on any atom is -0.316 e. The zero-order valence-electron chi connectivity index (χ0n) is 8.91. The summed E-state index contributed by atoms with van der Waals surface area (Å²) in [6.07, 6.45) is 12.3. The minimum absolute atomic E-state index is 0.960. The first-order valence-electron chi connectivity index (χ1n) is 6.31. The second-order valence-electron chi connectivity index (χ2n) is 5.49. The molecular formula is C13H21N. The van der Waals surface area contributed by atoms with Crippen LogP contribution in [0, 0.1) is 23.7 Å². The molecule has 4 unspecified atom stereocenters. The van der Waals surface area contributed by atoms with Gasteiger partial charge in [0.2, 0.25) is 0 Å². The lowest BCUT2D eigenvalue weighted by molar-refractivity contribution is 0.279. The van der Waals surface area contributed by atoms with Crippen molar-refractivity contribution in [2.24, 2.45) is 23.7 Å². The largest absolute Gasteiger partial charge is 0.316 e. The molecule has 1 heterocycles. The van der Waals surface area contributed by atoms with Crippen molar-refractivity contribution < 1.29 is 0 Å². The summed E-state index contributed by atoms with van der Waals surface area (Å²) >= 11 is 0. The van der Waals surface area contributed by atoms with Crippen molar-refractivity contribution in [2.45, 2.75) is 32.1 Å². The summed E-state index contributed by atoms with van der Waals surface area (Å²) in [5.41, 5.74) is 0. The maximum atomic E-state index is 3.53. The maximum absolute atomic E-state index is 3.53. The highest BCUT2D eigenvalue weighted by Crippen LogP contribution is 2.46. The van der Waals surface area contributed by atoms with Gasteiger partial charge in [0.1, 0.15) is 0 Å². The molecule has 1 aliphatic heterocycles. The van der Waals surface area contributed by atoms with Crippen LogP contribution in [0.1, 0.15) is 32.1 Å². The molecular weight excluding hydrogens is 170 g/mol. The van der Waals surface area contributed by atoms with E-state index in [0.29, 0.717) is 0 Å². The van der Waals surface area contributed by atoms with E-state index in [1.807, 2.05) is 0 Å². The Labute approximate surface area is 87.0 Å². The summed E-state index contributed by atoms with van der Waals surface area (Å²) < 4.78 is 0. The molecule has 0 aromatic carbocycles. The highest BCUT2D eigenvalue weighted by atomic mass is 14.9. The van der Waals surface area contributed by atoms with Gasteiger partial charge >= 0.3 is 0 Å². The quantitative estimate of drug-likeness (QED) is 0.662. The maximum Gasteiger partial charge on any atom is -0.00204 e. The molecule has 1 heteroatoms. The summed E-state index contributed by atoms with van der Waals surface area (Å²) in [5, 5.41) is 3.53. The zero-order chi connectivity index (χ0) is 9.38. The molecule has 2 aliphatic carbocycles. The van der Waals surface area contributed by atoms with Crippen molar-refractivity contribution in [2.75, 3.05) is 13.1 Å². The third kappa shape index (κ3) is 1.63. The van der Waals surface area contributed by atoms with Crippen molar-refractivity contribution in [1.82, 2.24) is 5.32 Å². The summed E-state index contributed by atoms with van der Waals surface area (Å²) in [7, 11) is 0. The fourth-order valence-electron chi connectivity index (χ4n) is 3.72. The lowest BCUT2D eigenvalue weighted by Crippen LogP contribution is -2.31. The van der Waals surface area contributed by atoms with E-state index in [1.165, 1.54) is 45.2 Å². The van der Waals surface area contributed by atoms with Crippen molar-refractivity contribution in [1.29, 1.82) is 0 Å². The molecule has 0 aromatic heterocycles. The minimum atomic E-state index is 0.960. The van der Waals surface area contributed by atoms with Gasteiger partial charge in [0, 0.05) is 0 Å². The van der Waals surface area contributed by atoms with E-state index >= 15 is 0 Å². The van der Waals surface area contributed by atoms with Crippen molar-refractivity contribution in [3.8, 4) is 0 Å². The Kier molecular flexibility index (Phi) is 2.36. The highest BCUT2D eigenvalue weighted by molar-refractivity contribution is 5.10. The van der Waals surface area contributed by atoms with Gasteiger partial charge in [0.05, 0.1) is 0 Å². The Morgan fingerprint density at radius 1 is 1.21 bits per heavy atom. The molecule has 2 bridgehead atoms. The molecule has 1 saturated heterocycles. The van der Waals surface area contributed by atoms with Gasteiger partial charge in [-0.15, -0.1) is 0 Å². The summed E-state index contributed by atoms with van der Waals surface area (Å²) in [6.45, 7) is 2.55. The third-order valence-corrected chi connectivity index (χ3v) is 4.45. The SMILES string of the molecule is C1=CC2CC1CC2CC1CCCNC1. The molecule has 4 atom stereocenters. The van der Waals surface area contributed by atoms with Crippen LogP contribution in [0.5, 0.6) is 0 Å². The Bertz CT molecular complexity index is 227. The molecule has 1 nitrogen and oxygen atoms in total. The fourth-order valence-corrected chi connectivity index (χ4v) is 3.72. The van der Waals surface area contributed by atoms with E-state index in [0.717, 1.165) is 23.7 Å². The number of rotatable bonds is 2. The normalized spacial score (nSPS) is 46.0. The number of piperidine rings is 1. The average molecular weight is 191 g/mol. The lowest BCUT2D eigenvalue weighted by atomic mass is 9.82. The number of fused-ring (bicyclic) bond motifs is 2. The van der Waals surface area contributed by atoms with Gasteiger partial charge in [0.15, 0.2) is 0 Å². The van der Waals surface area contributed by atoms with Crippen LogP contribution in [0.3, 0.4) is 0 Å². The van der Waals surface area contributed by atoms with E-state index in [-0.39, 0.29) is 0 Å². The standard InChI is InChI=1S/C13H21N/c1-2-11(9-14-5-1)8-13-7-10-3-4-12(13)6-10/h3-4,10-14H,1-2,5-9H2. The highest BCUT2D eigenvalue weighted by Gasteiger charge is 2.36. The van der Waals surface area contributed by atoms with E-state index < -0.39 is 0 Å². The van der Waals surface area contributed by atoms with Crippen LogP contribution in [-0.4, -0.2) is 13.1 Å². The second kappa shape index (κ2) is 3.69. The molecule has 14 heavy (non-hydrogen) atoms. The van der Waals surface area contributed by atoms with Gasteiger partial charge < -0.3 is 5.32 Å². The van der Waals surface area contributed by atoms with Crippen molar-refractivity contribution in [3.05, 3.63) is 12.2 Å². The first-order chi connectivity index (χ1) is 6.92. The van der Waals surface area contributed by atoms with Crippen LogP contribution in [0.2, 0.25) is 0 Å². The second-order valence-corrected chi connectivity index (χ2v) is 5.49. The Morgan fingerprint density at radius 3 is 2.86 bits per heavy atom. The van der Waals surface area contributed by atoms with E-state index in [9.17, 15) is 0 Å². The molecule has 0 spiro atoms. The monoisotopic (exact) mass is 191 g/mol. The zero-order valence-corrected chi connectivity index (χ0v) is 8.91. The molecule has 3 aliphatic rings. The molecule has 0 aromatic rings. The van der Waals surface area contributed by atoms with E-state index in [4.69, 9.17) is 0 Å². The topological polar surface area (TPSA) is 12.0 Å². The Balaban J connectivity index is 1.54. The molecule has 2 fully saturated rings. The van der Waals surface area contributed by atoms with Crippen LogP contribution in [0.4, 0.5) is 0 Å². The van der Waals surface area contributed by atoms with Crippen LogP contribution in [0.25, 0.3) is 0 Å². The Morgan fingerprint density at radius 2 is 2.21 bits per heavy atom. The van der Waals surface area contributed by atoms with Gasteiger partial charge in [-0.1, -0.05) is 12.2 Å². The number of allylic oxidation sites excluding steroid dienone is 2. The Hall–Kier alpha value is -0.300. The lowest BCUT2D eigenvalue weighted by Gasteiger charge is -2.28. The average Bonchev–Trinajstić information content (AvgIpc) is 2.81. The van der Waals surface area contributed by atoms with Crippen LogP contribution in [-0.2, 0) is 0 Å². The molecule has 1 saturated carbocycles. The summed E-state index contributed by atoms with van der Waals surface area (Å²) in [4.78, 5) is 0. The third-order valence-electron chi connectivity index (χ3n) is 4.45. The van der Waals surface area contributed by atoms with E-state index in [1.54, 1.807) is 0 Å². The number of nitrogens with one attached hydrogen (secondary N) is 1. The predicted molar refractivity (Wildman–Crippen MR) is 59.1 cm³/mol. The van der Waals surface area contributed by atoms with E-state index in [2.05, 4.69) is 17.5 Å². The molecule has 3 rings (SSSR count). The van der Waals surface area contributed by atoms with Crippen molar-refractivity contribution in [3.63, 3.8) is 0 Å². The van der Waals surface area contributed by atoms with Gasteiger partial charge in [-0.05, 0) is 68.9 Å². The van der Waals surface area contributed by atoms with Crippen LogP contribution >= 0.6 is 0 Å². The summed E-state index contributed by atoms with van der Waals surface area (Å²) in [5.74, 6) is 3.94. The fraction of sp³-hybridized carbons (Fsp3) is 0.846.